The highest BCUT2D eigenvalue weighted by Gasteiger charge is 2.38. The lowest BCUT2D eigenvalue weighted by molar-refractivity contribution is -0.136. The lowest BCUT2D eigenvalue weighted by Gasteiger charge is -2.36. The number of benzene rings is 1. The van der Waals surface area contributed by atoms with Crippen LogP contribution in [0.4, 0.5) is 0 Å². The molecule has 0 N–H and O–H groups in total. The maximum Gasteiger partial charge on any atom is 0.255 e. The molecule has 2 aromatic rings. The van der Waals surface area contributed by atoms with E-state index in [1.807, 2.05) is 17.0 Å². The Kier molecular flexibility index (Phi) is 5.94. The molecule has 0 saturated carbocycles. The normalized spacial score (nSPS) is 20.5. The van der Waals surface area contributed by atoms with Crippen LogP contribution in [0.1, 0.15) is 16.1 Å². The van der Waals surface area contributed by atoms with Crippen LogP contribution in [0.15, 0.2) is 47.1 Å². The highest BCUT2D eigenvalue weighted by Crippen LogP contribution is 2.25. The highest BCUT2D eigenvalue weighted by atomic mass is 35.5. The van der Waals surface area contributed by atoms with Gasteiger partial charge in [-0.3, -0.25) is 14.5 Å². The summed E-state index contributed by atoms with van der Waals surface area (Å²) in [6.45, 7) is 3.71. The van der Waals surface area contributed by atoms with Gasteiger partial charge in [-0.2, -0.15) is 0 Å². The molecule has 0 aliphatic carbocycles. The van der Waals surface area contributed by atoms with Crippen molar-refractivity contribution in [2.24, 2.45) is 0 Å². The second kappa shape index (κ2) is 8.59. The van der Waals surface area contributed by atoms with E-state index in [0.717, 1.165) is 25.4 Å². The van der Waals surface area contributed by atoms with Gasteiger partial charge in [0.25, 0.3) is 5.91 Å². The fourth-order valence-electron chi connectivity index (χ4n) is 3.57. The first-order valence-electron chi connectivity index (χ1n) is 9.29. The summed E-state index contributed by atoms with van der Waals surface area (Å²) in [6.07, 6.45) is 1.68. The lowest BCUT2D eigenvalue weighted by Crippen LogP contribution is -2.54. The Morgan fingerprint density at radius 2 is 1.86 bits per heavy atom. The molecule has 1 aromatic carbocycles. The predicted octanol–water partition coefficient (Wildman–Crippen LogP) is 2.79. The van der Waals surface area contributed by atoms with Crippen molar-refractivity contribution in [3.8, 4) is 0 Å². The van der Waals surface area contributed by atoms with E-state index >= 15 is 0 Å². The molecule has 4 rings (SSSR count). The van der Waals surface area contributed by atoms with E-state index in [-0.39, 0.29) is 11.8 Å². The van der Waals surface area contributed by atoms with Crippen molar-refractivity contribution in [2.75, 3.05) is 37.8 Å². The maximum absolute atomic E-state index is 13.1. The molecule has 2 saturated heterocycles. The zero-order valence-corrected chi connectivity index (χ0v) is 17.0. The van der Waals surface area contributed by atoms with Crippen molar-refractivity contribution in [3.05, 3.63) is 59.0 Å². The van der Waals surface area contributed by atoms with E-state index in [2.05, 4.69) is 4.90 Å². The summed E-state index contributed by atoms with van der Waals surface area (Å²) in [7, 11) is 0. The van der Waals surface area contributed by atoms with E-state index in [1.54, 1.807) is 47.2 Å². The largest absolute Gasteiger partial charge is 0.468 e. The second-order valence-corrected chi connectivity index (χ2v) is 8.41. The fourth-order valence-corrected chi connectivity index (χ4v) is 4.84. The van der Waals surface area contributed by atoms with Crippen molar-refractivity contribution in [1.29, 1.82) is 0 Å². The molecule has 2 aliphatic rings. The van der Waals surface area contributed by atoms with Gasteiger partial charge in [0, 0.05) is 42.5 Å². The Morgan fingerprint density at radius 1 is 1.11 bits per heavy atom. The molecule has 148 valence electrons. The SMILES string of the molecule is O=C(C1CSCN1C(=O)c1ccc(Cl)cc1)N1CCN(Cc2ccco2)CC1. The van der Waals surface area contributed by atoms with Crippen LogP contribution in [0, 0.1) is 0 Å². The maximum atomic E-state index is 13.1. The molecule has 28 heavy (non-hydrogen) atoms. The van der Waals surface area contributed by atoms with Crippen LogP contribution >= 0.6 is 23.4 Å². The van der Waals surface area contributed by atoms with Crippen LogP contribution in [0.25, 0.3) is 0 Å². The molecule has 1 unspecified atom stereocenters. The first kappa shape index (κ1) is 19.4. The first-order valence-corrected chi connectivity index (χ1v) is 10.8. The number of amides is 2. The van der Waals surface area contributed by atoms with Gasteiger partial charge < -0.3 is 14.2 Å². The number of thioether (sulfide) groups is 1. The number of furan rings is 1. The quantitative estimate of drug-likeness (QED) is 0.762. The molecular weight excluding hydrogens is 398 g/mol. The second-order valence-electron chi connectivity index (χ2n) is 6.98. The molecule has 2 aliphatic heterocycles. The Morgan fingerprint density at radius 3 is 2.54 bits per heavy atom. The molecular formula is C20H22ClN3O3S. The van der Waals surface area contributed by atoms with Crippen LogP contribution in [0.2, 0.25) is 5.02 Å². The van der Waals surface area contributed by atoms with Gasteiger partial charge in [0.15, 0.2) is 0 Å². The molecule has 6 nitrogen and oxygen atoms in total. The van der Waals surface area contributed by atoms with Gasteiger partial charge >= 0.3 is 0 Å². The number of carbonyl (C=O) groups is 2. The third-order valence-corrected chi connectivity index (χ3v) is 6.43. The highest BCUT2D eigenvalue weighted by molar-refractivity contribution is 7.99. The lowest BCUT2D eigenvalue weighted by atomic mass is 10.1. The number of nitrogens with zero attached hydrogens (tertiary/aromatic N) is 3. The van der Waals surface area contributed by atoms with Gasteiger partial charge in [0.1, 0.15) is 11.8 Å². The van der Waals surface area contributed by atoms with Gasteiger partial charge in [-0.15, -0.1) is 11.8 Å². The van der Waals surface area contributed by atoms with Crippen LogP contribution in [-0.4, -0.2) is 70.4 Å². The minimum Gasteiger partial charge on any atom is -0.468 e. The Hall–Kier alpha value is -1.96. The summed E-state index contributed by atoms with van der Waals surface area (Å²) in [4.78, 5) is 31.8. The molecule has 0 bridgehead atoms. The van der Waals surface area contributed by atoms with Crippen LogP contribution in [-0.2, 0) is 11.3 Å². The standard InChI is InChI=1S/C20H22ClN3O3S/c21-16-5-3-15(4-6-16)19(25)24-14-28-13-18(24)20(26)23-9-7-22(8-10-23)12-17-2-1-11-27-17/h1-6,11,18H,7-10,12-14H2. The average Bonchev–Trinajstić information content (AvgIpc) is 3.40. The van der Waals surface area contributed by atoms with E-state index in [1.165, 1.54) is 0 Å². The monoisotopic (exact) mass is 419 g/mol. The number of halogens is 1. The Balaban J connectivity index is 1.36. The molecule has 0 radical (unpaired) electrons. The molecule has 3 heterocycles. The molecule has 1 atom stereocenters. The smallest absolute Gasteiger partial charge is 0.255 e. The van der Waals surface area contributed by atoms with Crippen molar-refractivity contribution < 1.29 is 14.0 Å². The minimum absolute atomic E-state index is 0.0463. The summed E-state index contributed by atoms with van der Waals surface area (Å²) in [6, 6.07) is 10.3. The zero-order valence-electron chi connectivity index (χ0n) is 15.4. The van der Waals surface area contributed by atoms with Gasteiger partial charge in [0.2, 0.25) is 5.91 Å². The predicted molar refractivity (Wildman–Crippen MR) is 109 cm³/mol. The molecule has 2 fully saturated rings. The van der Waals surface area contributed by atoms with Crippen molar-refractivity contribution in [2.45, 2.75) is 12.6 Å². The minimum atomic E-state index is -0.398. The summed E-state index contributed by atoms with van der Waals surface area (Å²) in [5.74, 6) is 2.05. The van der Waals surface area contributed by atoms with E-state index in [9.17, 15) is 9.59 Å². The van der Waals surface area contributed by atoms with E-state index < -0.39 is 6.04 Å². The fraction of sp³-hybridized carbons (Fsp3) is 0.400. The average molecular weight is 420 g/mol. The molecule has 1 aromatic heterocycles. The van der Waals surface area contributed by atoms with Crippen LogP contribution in [0.5, 0.6) is 0 Å². The van der Waals surface area contributed by atoms with Crippen molar-refractivity contribution >= 4 is 35.2 Å². The van der Waals surface area contributed by atoms with Crippen LogP contribution in [0.3, 0.4) is 0 Å². The zero-order chi connectivity index (χ0) is 19.5. The number of hydrogen-bond donors (Lipinski definition) is 0. The van der Waals surface area contributed by atoms with Gasteiger partial charge in [-0.1, -0.05) is 11.6 Å². The summed E-state index contributed by atoms with van der Waals surface area (Å²) in [5, 5.41) is 0.590. The molecule has 0 spiro atoms. The molecule has 8 heteroatoms. The Labute approximate surface area is 173 Å². The van der Waals surface area contributed by atoms with E-state index in [4.69, 9.17) is 16.0 Å². The number of piperazine rings is 1. The number of hydrogen-bond acceptors (Lipinski definition) is 5. The summed E-state index contributed by atoms with van der Waals surface area (Å²) >= 11 is 7.53. The molecule has 2 amide bonds. The summed E-state index contributed by atoms with van der Waals surface area (Å²) in [5.41, 5.74) is 0.563. The number of carbonyl (C=O) groups excluding carboxylic acids is 2. The van der Waals surface area contributed by atoms with Crippen molar-refractivity contribution in [3.63, 3.8) is 0 Å². The van der Waals surface area contributed by atoms with Gasteiger partial charge in [-0.25, -0.2) is 0 Å². The van der Waals surface area contributed by atoms with Gasteiger partial charge in [-0.05, 0) is 36.4 Å². The Bertz CT molecular complexity index is 820. The van der Waals surface area contributed by atoms with Crippen molar-refractivity contribution in [1.82, 2.24) is 14.7 Å². The topological polar surface area (TPSA) is 57.0 Å². The van der Waals surface area contributed by atoms with E-state index in [0.29, 0.717) is 35.3 Å². The first-order chi connectivity index (χ1) is 13.6. The van der Waals surface area contributed by atoms with Gasteiger partial charge in [0.05, 0.1) is 18.7 Å². The van der Waals surface area contributed by atoms with Crippen LogP contribution < -0.4 is 0 Å². The number of rotatable bonds is 4. The third kappa shape index (κ3) is 4.21. The summed E-state index contributed by atoms with van der Waals surface area (Å²) < 4.78 is 5.40. The third-order valence-electron chi connectivity index (χ3n) is 5.16.